The Kier molecular flexibility index (Phi) is 2.14. The summed E-state index contributed by atoms with van der Waals surface area (Å²) >= 11 is 0. The molecule has 1 aromatic carbocycles. The first kappa shape index (κ1) is 9.17. The molecule has 0 saturated carbocycles. The number of rotatable bonds is 2. The molecule has 1 aromatic rings. The van der Waals surface area contributed by atoms with E-state index in [-0.39, 0.29) is 0 Å². The highest BCUT2D eigenvalue weighted by atomic mass is 15.2. The fraction of sp³-hybridized carbons (Fsp3) is 0.429. The van der Waals surface area contributed by atoms with Crippen LogP contribution in [-0.4, -0.2) is 17.5 Å². The molecule has 2 bridgehead atoms. The molecular weight excluding hydrogens is 182 g/mol. The molecule has 1 fully saturated rings. The maximum Gasteiger partial charge on any atom is 0.0326 e. The van der Waals surface area contributed by atoms with Gasteiger partial charge in [0.15, 0.2) is 0 Å². The highest BCUT2D eigenvalue weighted by Crippen LogP contribution is 2.37. The number of fused-ring (bicyclic) bond motifs is 2. The fourth-order valence-corrected chi connectivity index (χ4v) is 2.91. The lowest BCUT2D eigenvalue weighted by atomic mass is 10.1. The predicted molar refractivity (Wildman–Crippen MR) is 62.6 cm³/mol. The second-order valence-corrected chi connectivity index (χ2v) is 4.73. The summed E-state index contributed by atoms with van der Waals surface area (Å²) in [6, 6.07) is 12.1. The quantitative estimate of drug-likeness (QED) is 0.662. The van der Waals surface area contributed by atoms with Crippen molar-refractivity contribution < 1.29 is 0 Å². The molecule has 3 rings (SSSR count). The zero-order chi connectivity index (χ0) is 10.3. The van der Waals surface area contributed by atoms with E-state index in [1.165, 1.54) is 18.5 Å². The monoisotopic (exact) mass is 199 g/mol. The zero-order valence-electron chi connectivity index (χ0n) is 9.13. The van der Waals surface area contributed by atoms with Crippen molar-refractivity contribution in [1.82, 2.24) is 4.90 Å². The van der Waals surface area contributed by atoms with Crippen LogP contribution in [0.3, 0.4) is 0 Å². The number of likely N-dealkylation sites (tertiary alicyclic amines) is 1. The molecule has 0 spiro atoms. The molecule has 15 heavy (non-hydrogen) atoms. The maximum atomic E-state index is 2.62. The molecule has 3 atom stereocenters. The molecule has 0 aromatic heterocycles. The van der Waals surface area contributed by atoms with Crippen LogP contribution in [0, 0.1) is 5.92 Å². The molecule has 0 amide bonds. The van der Waals surface area contributed by atoms with E-state index in [1.54, 1.807) is 0 Å². The first-order chi connectivity index (χ1) is 7.34. The van der Waals surface area contributed by atoms with Crippen LogP contribution in [0.25, 0.3) is 0 Å². The van der Waals surface area contributed by atoms with E-state index < -0.39 is 0 Å². The van der Waals surface area contributed by atoms with E-state index in [9.17, 15) is 0 Å². The molecule has 0 radical (unpaired) electrons. The van der Waals surface area contributed by atoms with Crippen molar-refractivity contribution in [2.24, 2.45) is 5.92 Å². The third-order valence-electron chi connectivity index (χ3n) is 3.80. The Morgan fingerprint density at radius 2 is 2.00 bits per heavy atom. The minimum atomic E-state index is 0.561. The molecule has 1 nitrogen and oxygen atoms in total. The van der Waals surface area contributed by atoms with E-state index >= 15 is 0 Å². The van der Waals surface area contributed by atoms with Gasteiger partial charge in [-0.15, -0.1) is 0 Å². The Morgan fingerprint density at radius 1 is 1.20 bits per heavy atom. The van der Waals surface area contributed by atoms with Crippen LogP contribution in [0.1, 0.15) is 24.9 Å². The van der Waals surface area contributed by atoms with Crippen molar-refractivity contribution in [1.29, 1.82) is 0 Å². The first-order valence-electron chi connectivity index (χ1n) is 5.83. The molecule has 78 valence electrons. The standard InChI is InChI=1S/C14H17N/c1-11(13-5-3-2-4-6-13)15-10-12-7-8-14(15)9-12/h2-8,11-12,14H,9-10H2,1H3/t11?,12-,14-/m1/s1. The van der Waals surface area contributed by atoms with Crippen molar-refractivity contribution in [3.05, 3.63) is 48.0 Å². The molecule has 1 saturated heterocycles. The Morgan fingerprint density at radius 3 is 2.60 bits per heavy atom. The van der Waals surface area contributed by atoms with Crippen molar-refractivity contribution in [3.63, 3.8) is 0 Å². The van der Waals surface area contributed by atoms with E-state index in [0.29, 0.717) is 12.1 Å². The number of hydrogen-bond donors (Lipinski definition) is 0. The molecule has 2 aliphatic rings. The lowest BCUT2D eigenvalue weighted by molar-refractivity contribution is 0.213. The molecule has 1 aliphatic heterocycles. The van der Waals surface area contributed by atoms with Gasteiger partial charge in [0, 0.05) is 18.6 Å². The topological polar surface area (TPSA) is 3.24 Å². The van der Waals surface area contributed by atoms with Crippen LogP contribution in [0.15, 0.2) is 42.5 Å². The van der Waals surface area contributed by atoms with Gasteiger partial charge in [-0.1, -0.05) is 42.5 Å². The average molecular weight is 199 g/mol. The van der Waals surface area contributed by atoms with Crippen molar-refractivity contribution in [2.75, 3.05) is 6.54 Å². The minimum absolute atomic E-state index is 0.561. The Balaban J connectivity index is 1.81. The molecule has 1 unspecified atom stereocenters. The largest absolute Gasteiger partial charge is 0.290 e. The maximum absolute atomic E-state index is 2.62. The summed E-state index contributed by atoms with van der Waals surface area (Å²) in [7, 11) is 0. The van der Waals surface area contributed by atoms with Crippen molar-refractivity contribution in [2.45, 2.75) is 25.4 Å². The van der Waals surface area contributed by atoms with E-state index in [2.05, 4.69) is 54.3 Å². The molecule has 1 heteroatoms. The van der Waals surface area contributed by atoms with Gasteiger partial charge in [0.1, 0.15) is 0 Å². The van der Waals surface area contributed by atoms with Gasteiger partial charge in [-0.2, -0.15) is 0 Å². The molecular formula is C14H17N. The Bertz CT molecular complexity index is 368. The van der Waals surface area contributed by atoms with E-state index in [0.717, 1.165) is 5.92 Å². The van der Waals surface area contributed by atoms with Gasteiger partial charge in [-0.05, 0) is 24.8 Å². The van der Waals surface area contributed by atoms with Gasteiger partial charge < -0.3 is 0 Å². The summed E-state index contributed by atoms with van der Waals surface area (Å²) in [4.78, 5) is 2.62. The van der Waals surface area contributed by atoms with Crippen molar-refractivity contribution in [3.8, 4) is 0 Å². The third kappa shape index (κ3) is 1.51. The summed E-state index contributed by atoms with van der Waals surface area (Å²) in [6.45, 7) is 3.57. The highest BCUT2D eigenvalue weighted by Gasteiger charge is 2.36. The third-order valence-corrected chi connectivity index (χ3v) is 3.80. The SMILES string of the molecule is CC(c1ccccc1)N1C[C@@H]2C=C[C@@H]1C2. The van der Waals surface area contributed by atoms with Gasteiger partial charge in [0.25, 0.3) is 0 Å². The number of benzene rings is 1. The zero-order valence-corrected chi connectivity index (χ0v) is 9.13. The Hall–Kier alpha value is -1.08. The van der Waals surface area contributed by atoms with Gasteiger partial charge in [0.2, 0.25) is 0 Å². The summed E-state index contributed by atoms with van der Waals surface area (Å²) in [5, 5.41) is 0. The lowest BCUT2D eigenvalue weighted by Gasteiger charge is -2.30. The van der Waals surface area contributed by atoms with Crippen LogP contribution in [0.4, 0.5) is 0 Å². The van der Waals surface area contributed by atoms with Gasteiger partial charge in [-0.3, -0.25) is 4.90 Å². The highest BCUT2D eigenvalue weighted by molar-refractivity contribution is 5.22. The van der Waals surface area contributed by atoms with Crippen LogP contribution in [0.5, 0.6) is 0 Å². The van der Waals surface area contributed by atoms with Gasteiger partial charge in [0.05, 0.1) is 0 Å². The number of nitrogens with zero attached hydrogens (tertiary/aromatic N) is 1. The summed E-state index contributed by atoms with van der Waals surface area (Å²) in [5.74, 6) is 0.821. The van der Waals surface area contributed by atoms with Gasteiger partial charge in [-0.25, -0.2) is 0 Å². The molecule has 0 N–H and O–H groups in total. The van der Waals surface area contributed by atoms with Crippen LogP contribution >= 0.6 is 0 Å². The van der Waals surface area contributed by atoms with Gasteiger partial charge >= 0.3 is 0 Å². The van der Waals surface area contributed by atoms with E-state index in [4.69, 9.17) is 0 Å². The Labute approximate surface area is 91.4 Å². The predicted octanol–water partition coefficient (Wildman–Crippen LogP) is 3.01. The number of hydrogen-bond acceptors (Lipinski definition) is 1. The average Bonchev–Trinajstić information content (AvgIpc) is 2.91. The fourth-order valence-electron chi connectivity index (χ4n) is 2.91. The summed E-state index contributed by atoms with van der Waals surface area (Å²) in [6.07, 6.45) is 6.11. The van der Waals surface area contributed by atoms with Crippen LogP contribution in [-0.2, 0) is 0 Å². The lowest BCUT2D eigenvalue weighted by Crippen LogP contribution is -2.32. The van der Waals surface area contributed by atoms with Crippen LogP contribution in [0.2, 0.25) is 0 Å². The normalized spacial score (nSPS) is 31.0. The smallest absolute Gasteiger partial charge is 0.0326 e. The minimum Gasteiger partial charge on any atom is -0.290 e. The van der Waals surface area contributed by atoms with Crippen LogP contribution < -0.4 is 0 Å². The molecule has 1 heterocycles. The first-order valence-corrected chi connectivity index (χ1v) is 5.83. The van der Waals surface area contributed by atoms with E-state index in [1.807, 2.05) is 0 Å². The van der Waals surface area contributed by atoms with Crippen molar-refractivity contribution >= 4 is 0 Å². The summed E-state index contributed by atoms with van der Waals surface area (Å²) in [5.41, 5.74) is 1.44. The second kappa shape index (κ2) is 3.49. The summed E-state index contributed by atoms with van der Waals surface area (Å²) < 4.78 is 0. The second-order valence-electron chi connectivity index (χ2n) is 4.73. The molecule has 1 aliphatic carbocycles.